The summed E-state index contributed by atoms with van der Waals surface area (Å²) in [6.45, 7) is 7.02. The molecule has 33 heavy (non-hydrogen) atoms. The van der Waals surface area contributed by atoms with E-state index in [4.69, 9.17) is 10.5 Å². The summed E-state index contributed by atoms with van der Waals surface area (Å²) in [7, 11) is 0. The lowest BCUT2D eigenvalue weighted by Crippen LogP contribution is -2.53. The molecule has 2 aromatic rings. The highest BCUT2D eigenvalue weighted by molar-refractivity contribution is 5.68. The Bertz CT molecular complexity index is 942. The number of benzene rings is 1. The second kappa shape index (κ2) is 10.1. The Morgan fingerprint density at radius 2 is 2.00 bits per heavy atom. The number of piperazine rings is 1. The molecule has 6 nitrogen and oxygen atoms in total. The first kappa shape index (κ1) is 22.2. The summed E-state index contributed by atoms with van der Waals surface area (Å²) >= 11 is 0. The van der Waals surface area contributed by atoms with E-state index in [9.17, 15) is 0 Å². The Morgan fingerprint density at radius 3 is 2.70 bits per heavy atom. The number of aromatic nitrogens is 1. The van der Waals surface area contributed by atoms with Crippen LogP contribution in [0.4, 0.5) is 5.69 Å². The Kier molecular flexibility index (Phi) is 6.83. The molecular weight excluding hydrogens is 410 g/mol. The molecule has 1 aromatic carbocycles. The largest absolute Gasteiger partial charge is 0.397 e. The van der Waals surface area contributed by atoms with Crippen LogP contribution in [0, 0.1) is 6.92 Å². The maximum Gasteiger partial charge on any atom is 0.0747 e. The van der Waals surface area contributed by atoms with Gasteiger partial charge in [-0.05, 0) is 68.9 Å². The zero-order chi connectivity index (χ0) is 22.6. The summed E-state index contributed by atoms with van der Waals surface area (Å²) in [6.07, 6.45) is 10.2. The smallest absolute Gasteiger partial charge is 0.0747 e. The predicted molar refractivity (Wildman–Crippen MR) is 134 cm³/mol. The van der Waals surface area contributed by atoms with Crippen molar-refractivity contribution in [3.05, 3.63) is 65.6 Å². The standard InChI is InChI=1S/C27H37N5O/c1-20-14-22(10-11-26(20)27(28)16-29-15-25-7-3-5-13-33-25)32-23-8-9-24(32)19-31(18-23)17-21-6-2-4-12-30-21/h2,4,6,10-12,14,16,23-25,29H,3,5,7-9,13,15,17-19,28H2,1H3/b27-16-. The van der Waals surface area contributed by atoms with Crippen molar-refractivity contribution in [2.45, 2.75) is 63.8 Å². The maximum atomic E-state index is 6.43. The average molecular weight is 448 g/mol. The van der Waals surface area contributed by atoms with Gasteiger partial charge in [-0.1, -0.05) is 12.1 Å². The molecule has 6 heteroatoms. The molecule has 5 rings (SSSR count). The van der Waals surface area contributed by atoms with Crippen LogP contribution in [0.2, 0.25) is 0 Å². The lowest BCUT2D eigenvalue weighted by Gasteiger charge is -2.42. The molecule has 1 aromatic heterocycles. The molecule has 3 fully saturated rings. The van der Waals surface area contributed by atoms with Crippen LogP contribution < -0.4 is 16.0 Å². The van der Waals surface area contributed by atoms with Gasteiger partial charge in [0.1, 0.15) is 0 Å². The van der Waals surface area contributed by atoms with Crippen LogP contribution in [0.5, 0.6) is 0 Å². The third-order valence-corrected chi connectivity index (χ3v) is 7.37. The molecule has 0 aliphatic carbocycles. The van der Waals surface area contributed by atoms with Crippen LogP contribution in [0.3, 0.4) is 0 Å². The van der Waals surface area contributed by atoms with Gasteiger partial charge in [0.25, 0.3) is 0 Å². The van der Waals surface area contributed by atoms with E-state index >= 15 is 0 Å². The van der Waals surface area contributed by atoms with Crippen LogP contribution >= 0.6 is 0 Å². The fourth-order valence-electron chi connectivity index (χ4n) is 5.74. The number of fused-ring (bicyclic) bond motifs is 2. The Labute approximate surface area is 197 Å². The van der Waals surface area contributed by atoms with Gasteiger partial charge in [-0.15, -0.1) is 0 Å². The van der Waals surface area contributed by atoms with E-state index in [2.05, 4.69) is 57.4 Å². The molecule has 2 bridgehead atoms. The average Bonchev–Trinajstić information content (AvgIpc) is 3.10. The molecule has 0 spiro atoms. The fraction of sp³-hybridized carbons (Fsp3) is 0.519. The summed E-state index contributed by atoms with van der Waals surface area (Å²) in [4.78, 5) is 9.75. The van der Waals surface area contributed by atoms with E-state index in [0.29, 0.717) is 18.2 Å². The Balaban J connectivity index is 1.21. The zero-order valence-electron chi connectivity index (χ0n) is 19.7. The molecule has 3 aliphatic rings. The van der Waals surface area contributed by atoms with E-state index in [-0.39, 0.29) is 0 Å². The molecule has 3 N–H and O–H groups in total. The zero-order valence-corrected chi connectivity index (χ0v) is 19.7. The number of aryl methyl sites for hydroxylation is 1. The minimum atomic E-state index is 0.304. The molecule has 4 heterocycles. The summed E-state index contributed by atoms with van der Waals surface area (Å²) in [5.74, 6) is 0. The number of pyridine rings is 1. The summed E-state index contributed by atoms with van der Waals surface area (Å²) in [5, 5.41) is 3.37. The van der Waals surface area contributed by atoms with Gasteiger partial charge in [0.2, 0.25) is 0 Å². The highest BCUT2D eigenvalue weighted by Crippen LogP contribution is 2.36. The Morgan fingerprint density at radius 1 is 1.15 bits per heavy atom. The number of anilines is 1. The molecule has 0 saturated carbocycles. The van der Waals surface area contributed by atoms with Crippen LogP contribution in [0.25, 0.3) is 5.70 Å². The quantitative estimate of drug-likeness (QED) is 0.675. The minimum Gasteiger partial charge on any atom is -0.397 e. The first-order valence-electron chi connectivity index (χ1n) is 12.5. The first-order chi connectivity index (χ1) is 16.2. The molecule has 176 valence electrons. The highest BCUT2D eigenvalue weighted by Gasteiger charge is 2.40. The fourth-order valence-corrected chi connectivity index (χ4v) is 5.74. The number of nitrogens with zero attached hydrogens (tertiary/aromatic N) is 3. The van der Waals surface area contributed by atoms with Gasteiger partial charge >= 0.3 is 0 Å². The second-order valence-corrected chi connectivity index (χ2v) is 9.80. The van der Waals surface area contributed by atoms with Gasteiger partial charge in [-0.3, -0.25) is 9.88 Å². The van der Waals surface area contributed by atoms with Crippen LogP contribution in [0.15, 0.2) is 48.8 Å². The number of ether oxygens (including phenoxy) is 1. The van der Waals surface area contributed by atoms with Crippen molar-refractivity contribution in [1.82, 2.24) is 15.2 Å². The van der Waals surface area contributed by atoms with Gasteiger partial charge in [-0.2, -0.15) is 0 Å². The summed E-state index contributed by atoms with van der Waals surface area (Å²) in [6, 6.07) is 14.1. The van der Waals surface area contributed by atoms with Gasteiger partial charge in [0.05, 0.1) is 17.5 Å². The predicted octanol–water partition coefficient (Wildman–Crippen LogP) is 3.66. The van der Waals surface area contributed by atoms with Crippen molar-refractivity contribution in [2.24, 2.45) is 5.73 Å². The van der Waals surface area contributed by atoms with Crippen molar-refractivity contribution in [2.75, 3.05) is 31.1 Å². The minimum absolute atomic E-state index is 0.304. The second-order valence-electron chi connectivity index (χ2n) is 9.80. The van der Waals surface area contributed by atoms with E-state index in [1.54, 1.807) is 0 Å². The van der Waals surface area contributed by atoms with Crippen molar-refractivity contribution < 1.29 is 4.74 Å². The number of hydrogen-bond donors (Lipinski definition) is 2. The molecule has 3 atom stereocenters. The third kappa shape index (κ3) is 5.17. The van der Waals surface area contributed by atoms with E-state index < -0.39 is 0 Å². The molecule has 0 amide bonds. The number of hydrogen-bond acceptors (Lipinski definition) is 6. The van der Waals surface area contributed by atoms with Crippen molar-refractivity contribution in [3.8, 4) is 0 Å². The number of rotatable bonds is 7. The van der Waals surface area contributed by atoms with Gasteiger partial charge < -0.3 is 20.7 Å². The van der Waals surface area contributed by atoms with Gasteiger partial charge in [0.15, 0.2) is 0 Å². The van der Waals surface area contributed by atoms with Gasteiger partial charge in [0, 0.05) is 68.5 Å². The maximum absolute atomic E-state index is 6.43. The lowest BCUT2D eigenvalue weighted by molar-refractivity contribution is 0.0188. The van der Waals surface area contributed by atoms with Crippen LogP contribution in [0.1, 0.15) is 48.9 Å². The summed E-state index contributed by atoms with van der Waals surface area (Å²) in [5.41, 5.74) is 12.1. The van der Waals surface area contributed by atoms with Gasteiger partial charge in [-0.25, -0.2) is 0 Å². The van der Waals surface area contributed by atoms with E-state index in [1.807, 2.05) is 18.5 Å². The topological polar surface area (TPSA) is 66.7 Å². The SMILES string of the molecule is Cc1cc(N2C3CCC2CN(Cc2ccccn2)C3)ccc1/C(N)=C/NCC1CCCCO1. The van der Waals surface area contributed by atoms with Crippen molar-refractivity contribution >= 4 is 11.4 Å². The van der Waals surface area contributed by atoms with Crippen LogP contribution in [-0.2, 0) is 11.3 Å². The van der Waals surface area contributed by atoms with E-state index in [0.717, 1.165) is 56.2 Å². The number of nitrogens with one attached hydrogen (secondary N) is 1. The lowest BCUT2D eigenvalue weighted by atomic mass is 10.0. The third-order valence-electron chi connectivity index (χ3n) is 7.37. The van der Waals surface area contributed by atoms with Crippen molar-refractivity contribution in [3.63, 3.8) is 0 Å². The monoisotopic (exact) mass is 447 g/mol. The normalized spacial score (nSPS) is 25.9. The molecule has 3 unspecified atom stereocenters. The summed E-state index contributed by atoms with van der Waals surface area (Å²) < 4.78 is 5.79. The van der Waals surface area contributed by atoms with Crippen molar-refractivity contribution in [1.29, 1.82) is 0 Å². The molecule has 3 saturated heterocycles. The molecule has 3 aliphatic heterocycles. The molecular formula is C27H37N5O. The number of nitrogens with two attached hydrogens (primary N) is 1. The highest BCUT2D eigenvalue weighted by atomic mass is 16.5. The molecule has 0 radical (unpaired) electrons. The number of likely N-dealkylation sites (tertiary alicyclic amines) is 1. The first-order valence-corrected chi connectivity index (χ1v) is 12.5. The van der Waals surface area contributed by atoms with E-state index in [1.165, 1.54) is 36.9 Å². The van der Waals surface area contributed by atoms with Crippen LogP contribution in [-0.4, -0.2) is 54.3 Å². The Hall–Kier alpha value is -2.57.